The van der Waals surface area contributed by atoms with Crippen molar-refractivity contribution in [2.24, 2.45) is 0 Å². The van der Waals surface area contributed by atoms with Crippen molar-refractivity contribution in [3.63, 3.8) is 0 Å². The maximum atomic E-state index is 13.2. The molecule has 3 rings (SSSR count). The standard InChI is InChI=1S/C21H26N2O3S/c1-22(18-12-6-5-7-13-18)27(25,26)20-15-9-8-14-19(20)21(24)23-16-10-3-2-4-11-17-23/h5-9,12-15H,2-4,10-11,16-17H2,1H3. The van der Waals surface area contributed by atoms with Crippen LogP contribution >= 0.6 is 0 Å². The van der Waals surface area contributed by atoms with E-state index in [1.165, 1.54) is 23.8 Å². The van der Waals surface area contributed by atoms with E-state index in [1.807, 2.05) is 6.07 Å². The Bertz CT molecular complexity index is 873. The van der Waals surface area contributed by atoms with Gasteiger partial charge in [0.15, 0.2) is 0 Å². The molecule has 1 aliphatic heterocycles. The molecule has 2 aromatic rings. The van der Waals surface area contributed by atoms with E-state index in [-0.39, 0.29) is 16.4 Å². The minimum Gasteiger partial charge on any atom is -0.339 e. The van der Waals surface area contributed by atoms with Crippen LogP contribution in [0.1, 0.15) is 42.5 Å². The fraction of sp³-hybridized carbons (Fsp3) is 0.381. The summed E-state index contributed by atoms with van der Waals surface area (Å²) in [4.78, 5) is 15.0. The van der Waals surface area contributed by atoms with E-state index >= 15 is 0 Å². The zero-order valence-corrected chi connectivity index (χ0v) is 16.5. The van der Waals surface area contributed by atoms with Gasteiger partial charge in [-0.1, -0.05) is 49.6 Å². The van der Waals surface area contributed by atoms with E-state index in [4.69, 9.17) is 0 Å². The fourth-order valence-electron chi connectivity index (χ4n) is 3.41. The Morgan fingerprint density at radius 3 is 2.07 bits per heavy atom. The molecule has 1 fully saturated rings. The summed E-state index contributed by atoms with van der Waals surface area (Å²) in [5, 5.41) is 0. The third-order valence-electron chi connectivity index (χ3n) is 5.02. The molecule has 1 amide bonds. The third-order valence-corrected chi connectivity index (χ3v) is 6.86. The highest BCUT2D eigenvalue weighted by atomic mass is 32.2. The molecule has 0 saturated carbocycles. The summed E-state index contributed by atoms with van der Waals surface area (Å²) in [5.74, 6) is -0.197. The van der Waals surface area contributed by atoms with Gasteiger partial charge in [-0.3, -0.25) is 9.10 Å². The molecule has 27 heavy (non-hydrogen) atoms. The number of rotatable bonds is 4. The van der Waals surface area contributed by atoms with Gasteiger partial charge in [0.1, 0.15) is 4.90 Å². The lowest BCUT2D eigenvalue weighted by molar-refractivity contribution is 0.0738. The smallest absolute Gasteiger partial charge is 0.264 e. The van der Waals surface area contributed by atoms with Gasteiger partial charge in [-0.05, 0) is 37.1 Å². The molecule has 0 aromatic heterocycles. The predicted molar refractivity (Wildman–Crippen MR) is 107 cm³/mol. The highest BCUT2D eigenvalue weighted by Gasteiger charge is 2.28. The molecule has 2 aromatic carbocycles. The van der Waals surface area contributed by atoms with Crippen LogP contribution in [0.25, 0.3) is 0 Å². The number of para-hydroxylation sites is 1. The summed E-state index contributed by atoms with van der Waals surface area (Å²) in [6, 6.07) is 15.4. The second-order valence-electron chi connectivity index (χ2n) is 6.86. The van der Waals surface area contributed by atoms with Gasteiger partial charge < -0.3 is 4.90 Å². The molecule has 0 bridgehead atoms. The van der Waals surface area contributed by atoms with Crippen molar-refractivity contribution in [2.75, 3.05) is 24.4 Å². The zero-order chi connectivity index (χ0) is 19.3. The Morgan fingerprint density at radius 2 is 1.41 bits per heavy atom. The van der Waals surface area contributed by atoms with Gasteiger partial charge in [-0.25, -0.2) is 8.42 Å². The van der Waals surface area contributed by atoms with Crippen molar-refractivity contribution in [1.29, 1.82) is 0 Å². The first-order valence-corrected chi connectivity index (χ1v) is 10.9. The Morgan fingerprint density at radius 1 is 0.852 bits per heavy atom. The minimum atomic E-state index is -3.84. The molecule has 1 aliphatic rings. The van der Waals surface area contributed by atoms with Crippen LogP contribution in [-0.4, -0.2) is 39.4 Å². The van der Waals surface area contributed by atoms with Gasteiger partial charge in [-0.15, -0.1) is 0 Å². The highest BCUT2D eigenvalue weighted by molar-refractivity contribution is 7.92. The molecule has 0 radical (unpaired) electrons. The molecule has 0 unspecified atom stereocenters. The monoisotopic (exact) mass is 386 g/mol. The molecule has 0 atom stereocenters. The second kappa shape index (κ2) is 8.57. The van der Waals surface area contributed by atoms with Crippen LogP contribution in [-0.2, 0) is 10.0 Å². The molecule has 0 spiro atoms. The lowest BCUT2D eigenvalue weighted by atomic mass is 10.1. The first-order valence-electron chi connectivity index (χ1n) is 9.44. The molecule has 0 aliphatic carbocycles. The maximum absolute atomic E-state index is 13.2. The quantitative estimate of drug-likeness (QED) is 0.800. The van der Waals surface area contributed by atoms with E-state index in [1.54, 1.807) is 47.4 Å². The number of benzene rings is 2. The van der Waals surface area contributed by atoms with Crippen LogP contribution in [0.2, 0.25) is 0 Å². The van der Waals surface area contributed by atoms with Crippen LogP contribution in [0.4, 0.5) is 5.69 Å². The number of anilines is 1. The Kier molecular flexibility index (Phi) is 6.16. The first kappa shape index (κ1) is 19.4. The number of nitrogens with zero attached hydrogens (tertiary/aromatic N) is 2. The molecule has 144 valence electrons. The lowest BCUT2D eigenvalue weighted by Gasteiger charge is -2.26. The van der Waals surface area contributed by atoms with Gasteiger partial charge in [0.2, 0.25) is 0 Å². The number of carbonyl (C=O) groups is 1. The van der Waals surface area contributed by atoms with E-state index in [0.717, 1.165) is 25.7 Å². The molecular formula is C21H26N2O3S. The van der Waals surface area contributed by atoms with Crippen LogP contribution < -0.4 is 4.31 Å². The van der Waals surface area contributed by atoms with Gasteiger partial charge in [0.25, 0.3) is 15.9 Å². The molecule has 0 N–H and O–H groups in total. The number of sulfonamides is 1. The zero-order valence-electron chi connectivity index (χ0n) is 15.7. The van der Waals surface area contributed by atoms with Crippen LogP contribution in [0.15, 0.2) is 59.5 Å². The normalized spacial score (nSPS) is 15.7. The summed E-state index contributed by atoms with van der Waals surface area (Å²) in [7, 11) is -2.32. The number of likely N-dealkylation sites (tertiary alicyclic amines) is 1. The van der Waals surface area contributed by atoms with E-state index < -0.39 is 10.0 Å². The number of carbonyl (C=O) groups excluding carboxylic acids is 1. The van der Waals surface area contributed by atoms with Crippen LogP contribution in [0.3, 0.4) is 0 Å². The van der Waals surface area contributed by atoms with Gasteiger partial charge in [0, 0.05) is 20.1 Å². The SMILES string of the molecule is CN(c1ccccc1)S(=O)(=O)c1ccccc1C(=O)N1CCCCCCC1. The Balaban J connectivity index is 1.94. The largest absolute Gasteiger partial charge is 0.339 e. The summed E-state index contributed by atoms with van der Waals surface area (Å²) in [6.07, 6.45) is 5.35. The van der Waals surface area contributed by atoms with Crippen molar-refractivity contribution in [3.8, 4) is 0 Å². The van der Waals surface area contributed by atoms with E-state index in [9.17, 15) is 13.2 Å². The lowest BCUT2D eigenvalue weighted by Crippen LogP contribution is -2.36. The van der Waals surface area contributed by atoms with Gasteiger partial charge in [-0.2, -0.15) is 0 Å². The van der Waals surface area contributed by atoms with E-state index in [0.29, 0.717) is 18.8 Å². The summed E-state index contributed by atoms with van der Waals surface area (Å²) in [5.41, 5.74) is 0.812. The fourth-order valence-corrected chi connectivity index (χ4v) is 4.79. The molecule has 5 nitrogen and oxygen atoms in total. The molecule has 1 heterocycles. The predicted octanol–water partition coefficient (Wildman–Crippen LogP) is 3.92. The van der Waals surface area contributed by atoms with Gasteiger partial charge >= 0.3 is 0 Å². The highest BCUT2D eigenvalue weighted by Crippen LogP contribution is 2.25. The minimum absolute atomic E-state index is 0.0587. The third kappa shape index (κ3) is 4.33. The number of hydrogen-bond donors (Lipinski definition) is 0. The van der Waals surface area contributed by atoms with Crippen LogP contribution in [0, 0.1) is 0 Å². The average Bonchev–Trinajstić information content (AvgIpc) is 2.67. The average molecular weight is 387 g/mol. The number of hydrogen-bond acceptors (Lipinski definition) is 3. The molecular weight excluding hydrogens is 360 g/mol. The first-order chi connectivity index (χ1) is 13.0. The van der Waals surface area contributed by atoms with Crippen molar-refractivity contribution in [3.05, 3.63) is 60.2 Å². The maximum Gasteiger partial charge on any atom is 0.264 e. The molecule has 6 heteroatoms. The Labute approximate surface area is 161 Å². The summed E-state index contributed by atoms with van der Waals surface area (Å²) < 4.78 is 27.7. The van der Waals surface area contributed by atoms with Crippen LogP contribution in [0.5, 0.6) is 0 Å². The van der Waals surface area contributed by atoms with Crippen molar-refractivity contribution in [1.82, 2.24) is 4.90 Å². The number of amides is 1. The van der Waals surface area contributed by atoms with Gasteiger partial charge in [0.05, 0.1) is 11.3 Å². The molecule has 1 saturated heterocycles. The topological polar surface area (TPSA) is 57.7 Å². The van der Waals surface area contributed by atoms with E-state index in [2.05, 4.69) is 0 Å². The summed E-state index contributed by atoms with van der Waals surface area (Å²) in [6.45, 7) is 1.36. The van der Waals surface area contributed by atoms with Crippen molar-refractivity contribution < 1.29 is 13.2 Å². The van der Waals surface area contributed by atoms with Crippen molar-refractivity contribution in [2.45, 2.75) is 37.0 Å². The van der Waals surface area contributed by atoms with Crippen molar-refractivity contribution >= 4 is 21.6 Å². The summed E-state index contributed by atoms with van der Waals surface area (Å²) >= 11 is 0. The Hall–Kier alpha value is -2.34. The second-order valence-corrected chi connectivity index (χ2v) is 8.80.